The molecule has 3 aromatic rings. The van der Waals surface area contributed by atoms with Crippen molar-refractivity contribution in [2.24, 2.45) is 0 Å². The van der Waals surface area contributed by atoms with Gasteiger partial charge in [-0.15, -0.1) is 0 Å². The summed E-state index contributed by atoms with van der Waals surface area (Å²) in [7, 11) is 1.63. The Kier molecular flexibility index (Phi) is 4.11. The van der Waals surface area contributed by atoms with Gasteiger partial charge in [-0.1, -0.05) is 24.3 Å². The molecule has 4 heteroatoms. The third-order valence-corrected chi connectivity index (χ3v) is 3.73. The van der Waals surface area contributed by atoms with Crippen LogP contribution in [0.4, 0.5) is 4.39 Å². The molecule has 0 saturated carbocycles. The summed E-state index contributed by atoms with van der Waals surface area (Å²) in [4.78, 5) is 0. The summed E-state index contributed by atoms with van der Waals surface area (Å²) in [6.45, 7) is 2.63. The topological polar surface area (TPSA) is 34.4 Å². The molecule has 0 radical (unpaired) electrons. The van der Waals surface area contributed by atoms with E-state index in [0.29, 0.717) is 6.54 Å². The number of methoxy groups -OCH3 is 1. The van der Waals surface area contributed by atoms with E-state index < -0.39 is 0 Å². The SMILES string of the molecule is COc1cccc2cc(CNC(C)c3ccc(F)cc3)oc12. The van der Waals surface area contributed by atoms with Gasteiger partial charge in [-0.2, -0.15) is 0 Å². The van der Waals surface area contributed by atoms with Crippen LogP contribution >= 0.6 is 0 Å². The lowest BCUT2D eigenvalue weighted by molar-refractivity contribution is 0.405. The fraction of sp³-hybridized carbons (Fsp3) is 0.222. The lowest BCUT2D eigenvalue weighted by Crippen LogP contribution is -2.17. The van der Waals surface area contributed by atoms with Crippen LogP contribution in [-0.2, 0) is 6.54 Å². The molecular weight excluding hydrogens is 281 g/mol. The van der Waals surface area contributed by atoms with Crippen molar-refractivity contribution in [2.45, 2.75) is 19.5 Å². The number of ether oxygens (including phenoxy) is 1. The number of nitrogens with one attached hydrogen (secondary N) is 1. The fourth-order valence-electron chi connectivity index (χ4n) is 2.46. The smallest absolute Gasteiger partial charge is 0.176 e. The summed E-state index contributed by atoms with van der Waals surface area (Å²) in [6.07, 6.45) is 0. The minimum Gasteiger partial charge on any atom is -0.493 e. The van der Waals surface area contributed by atoms with Crippen molar-refractivity contribution >= 4 is 11.0 Å². The Balaban J connectivity index is 1.72. The number of rotatable bonds is 5. The summed E-state index contributed by atoms with van der Waals surface area (Å²) < 4.78 is 24.1. The summed E-state index contributed by atoms with van der Waals surface area (Å²) in [5.41, 5.74) is 1.80. The van der Waals surface area contributed by atoms with E-state index in [1.807, 2.05) is 31.2 Å². The zero-order valence-corrected chi connectivity index (χ0v) is 12.6. The van der Waals surface area contributed by atoms with Crippen molar-refractivity contribution < 1.29 is 13.5 Å². The molecule has 1 N–H and O–H groups in total. The predicted molar refractivity (Wildman–Crippen MR) is 84.4 cm³/mol. The van der Waals surface area contributed by atoms with Crippen molar-refractivity contribution in [3.8, 4) is 5.75 Å². The molecule has 3 rings (SSSR count). The van der Waals surface area contributed by atoms with Gasteiger partial charge in [0.1, 0.15) is 11.6 Å². The van der Waals surface area contributed by atoms with Crippen LogP contribution in [0.5, 0.6) is 5.75 Å². The minimum atomic E-state index is -0.222. The molecule has 0 fully saturated rings. The third-order valence-electron chi connectivity index (χ3n) is 3.73. The first-order chi connectivity index (χ1) is 10.7. The lowest BCUT2D eigenvalue weighted by atomic mass is 10.1. The molecule has 0 aliphatic carbocycles. The molecule has 2 aromatic carbocycles. The van der Waals surface area contributed by atoms with Crippen molar-refractivity contribution in [3.05, 3.63) is 65.7 Å². The van der Waals surface area contributed by atoms with E-state index in [1.54, 1.807) is 19.2 Å². The van der Waals surface area contributed by atoms with Crippen LogP contribution in [0.3, 0.4) is 0 Å². The Morgan fingerprint density at radius 1 is 1.18 bits per heavy atom. The molecule has 0 bridgehead atoms. The van der Waals surface area contributed by atoms with Crippen molar-refractivity contribution in [1.82, 2.24) is 5.32 Å². The number of furan rings is 1. The van der Waals surface area contributed by atoms with Crippen LogP contribution in [0, 0.1) is 5.82 Å². The molecule has 1 unspecified atom stereocenters. The first kappa shape index (κ1) is 14.6. The van der Waals surface area contributed by atoms with E-state index in [0.717, 1.165) is 28.0 Å². The van der Waals surface area contributed by atoms with Crippen LogP contribution in [0.25, 0.3) is 11.0 Å². The summed E-state index contributed by atoms with van der Waals surface area (Å²) in [6, 6.07) is 14.4. The van der Waals surface area contributed by atoms with Gasteiger partial charge in [0.15, 0.2) is 11.3 Å². The second kappa shape index (κ2) is 6.20. The number of fused-ring (bicyclic) bond motifs is 1. The third kappa shape index (κ3) is 2.97. The quantitative estimate of drug-likeness (QED) is 0.756. The molecule has 1 atom stereocenters. The van der Waals surface area contributed by atoms with Gasteiger partial charge >= 0.3 is 0 Å². The lowest BCUT2D eigenvalue weighted by Gasteiger charge is -2.13. The summed E-state index contributed by atoms with van der Waals surface area (Å²) in [5.74, 6) is 1.35. The zero-order chi connectivity index (χ0) is 15.5. The molecule has 0 aliphatic heterocycles. The molecular formula is C18H18FNO2. The standard InChI is InChI=1S/C18H18FNO2/c1-12(13-6-8-15(19)9-7-13)20-11-16-10-14-4-3-5-17(21-2)18(14)22-16/h3-10,12,20H,11H2,1-2H3. The molecule has 0 amide bonds. The Hall–Kier alpha value is -2.33. The van der Waals surface area contributed by atoms with Crippen LogP contribution in [0.2, 0.25) is 0 Å². The highest BCUT2D eigenvalue weighted by molar-refractivity contribution is 5.83. The first-order valence-electron chi connectivity index (χ1n) is 7.21. The van der Waals surface area contributed by atoms with Crippen molar-refractivity contribution in [3.63, 3.8) is 0 Å². The Morgan fingerprint density at radius 2 is 1.95 bits per heavy atom. The van der Waals surface area contributed by atoms with Gasteiger partial charge in [-0.3, -0.25) is 0 Å². The summed E-state index contributed by atoms with van der Waals surface area (Å²) in [5, 5.41) is 4.40. The van der Waals surface area contributed by atoms with Gasteiger partial charge in [0, 0.05) is 11.4 Å². The second-order valence-electron chi connectivity index (χ2n) is 5.25. The molecule has 0 aliphatic rings. The van der Waals surface area contributed by atoms with Gasteiger partial charge < -0.3 is 14.5 Å². The highest BCUT2D eigenvalue weighted by Gasteiger charge is 2.10. The van der Waals surface area contributed by atoms with E-state index in [4.69, 9.17) is 9.15 Å². The van der Waals surface area contributed by atoms with Gasteiger partial charge in [0.25, 0.3) is 0 Å². The molecule has 1 heterocycles. The van der Waals surface area contributed by atoms with Crippen LogP contribution in [-0.4, -0.2) is 7.11 Å². The second-order valence-corrected chi connectivity index (χ2v) is 5.25. The van der Waals surface area contributed by atoms with Crippen molar-refractivity contribution in [2.75, 3.05) is 7.11 Å². The normalized spacial score (nSPS) is 12.5. The number of halogens is 1. The molecule has 0 spiro atoms. The van der Waals surface area contributed by atoms with Crippen molar-refractivity contribution in [1.29, 1.82) is 0 Å². The Morgan fingerprint density at radius 3 is 2.68 bits per heavy atom. The van der Waals surface area contributed by atoms with E-state index >= 15 is 0 Å². The Labute approximate surface area is 128 Å². The van der Waals surface area contributed by atoms with E-state index in [9.17, 15) is 4.39 Å². The molecule has 3 nitrogen and oxygen atoms in total. The first-order valence-corrected chi connectivity index (χ1v) is 7.21. The number of benzene rings is 2. The monoisotopic (exact) mass is 299 g/mol. The van der Waals surface area contributed by atoms with Gasteiger partial charge in [-0.25, -0.2) is 4.39 Å². The largest absolute Gasteiger partial charge is 0.493 e. The molecule has 22 heavy (non-hydrogen) atoms. The van der Waals surface area contributed by atoms with Crippen LogP contribution in [0.15, 0.2) is 52.9 Å². The molecule has 0 saturated heterocycles. The van der Waals surface area contributed by atoms with Crippen LogP contribution in [0.1, 0.15) is 24.3 Å². The highest BCUT2D eigenvalue weighted by Crippen LogP contribution is 2.28. The maximum absolute atomic E-state index is 12.9. The fourth-order valence-corrected chi connectivity index (χ4v) is 2.46. The van der Waals surface area contributed by atoms with Crippen LogP contribution < -0.4 is 10.1 Å². The zero-order valence-electron chi connectivity index (χ0n) is 12.6. The average Bonchev–Trinajstić information content (AvgIpc) is 2.96. The Bertz CT molecular complexity index is 764. The predicted octanol–water partition coefficient (Wildman–Crippen LogP) is 4.43. The average molecular weight is 299 g/mol. The maximum Gasteiger partial charge on any atom is 0.176 e. The van der Waals surface area contributed by atoms with Gasteiger partial charge in [0.05, 0.1) is 13.7 Å². The highest BCUT2D eigenvalue weighted by atomic mass is 19.1. The number of hydrogen-bond donors (Lipinski definition) is 1. The van der Waals surface area contributed by atoms with Gasteiger partial charge in [-0.05, 0) is 36.8 Å². The van der Waals surface area contributed by atoms with E-state index in [-0.39, 0.29) is 11.9 Å². The maximum atomic E-state index is 12.9. The van der Waals surface area contributed by atoms with Gasteiger partial charge in [0.2, 0.25) is 0 Å². The molecule has 114 valence electrons. The molecule has 1 aromatic heterocycles. The number of para-hydroxylation sites is 1. The summed E-state index contributed by atoms with van der Waals surface area (Å²) >= 11 is 0. The van der Waals surface area contributed by atoms with E-state index in [1.165, 1.54) is 12.1 Å². The van der Waals surface area contributed by atoms with E-state index in [2.05, 4.69) is 5.32 Å². The number of hydrogen-bond acceptors (Lipinski definition) is 3. The minimum absolute atomic E-state index is 0.107.